The van der Waals surface area contributed by atoms with Gasteiger partial charge in [0.25, 0.3) is 0 Å². The van der Waals surface area contributed by atoms with Gasteiger partial charge in [0, 0.05) is 6.26 Å². The average molecular weight is 550 g/mol. The van der Waals surface area contributed by atoms with Gasteiger partial charge < -0.3 is 13.8 Å². The molecule has 1 unspecified atom stereocenters. The van der Waals surface area contributed by atoms with Gasteiger partial charge in [0.05, 0.1) is 37.9 Å². The van der Waals surface area contributed by atoms with Gasteiger partial charge in [-0.2, -0.15) is 0 Å². The van der Waals surface area contributed by atoms with Crippen LogP contribution < -0.4 is 0 Å². The maximum atomic E-state index is 12.2. The largest absolute Gasteiger partial charge is 0.748 e. The van der Waals surface area contributed by atoms with Crippen molar-refractivity contribution in [2.45, 2.75) is 142 Å². The van der Waals surface area contributed by atoms with Gasteiger partial charge in [0.2, 0.25) is 0 Å². The van der Waals surface area contributed by atoms with Crippen molar-refractivity contribution in [2.24, 2.45) is 5.92 Å². The Bertz CT molecular complexity index is 594. The molecule has 6 nitrogen and oxygen atoms in total. The summed E-state index contributed by atoms with van der Waals surface area (Å²) in [6.07, 6.45) is 27.8. The van der Waals surface area contributed by atoms with Crippen LogP contribution in [0.1, 0.15) is 142 Å². The highest BCUT2D eigenvalue weighted by atomic mass is 32.2. The van der Waals surface area contributed by atoms with E-state index >= 15 is 0 Å². The minimum absolute atomic E-state index is 0.0403. The van der Waals surface area contributed by atoms with Gasteiger partial charge in [0.15, 0.2) is 6.54 Å². The van der Waals surface area contributed by atoms with E-state index in [1.54, 1.807) is 0 Å². The van der Waals surface area contributed by atoms with Crippen molar-refractivity contribution < 1.29 is 27.0 Å². The van der Waals surface area contributed by atoms with Crippen LogP contribution in [0.15, 0.2) is 0 Å². The molecule has 0 aromatic carbocycles. The highest BCUT2D eigenvalue weighted by molar-refractivity contribution is 7.84. The van der Waals surface area contributed by atoms with Crippen LogP contribution in [0.5, 0.6) is 0 Å². The van der Waals surface area contributed by atoms with Gasteiger partial charge in [-0.1, -0.05) is 129 Å². The second-order valence-electron chi connectivity index (χ2n) is 11.9. The molecule has 0 saturated heterocycles. The van der Waals surface area contributed by atoms with E-state index in [0.29, 0.717) is 29.8 Å². The number of carbonyl (C=O) groups excluding carboxylic acids is 1. The molecule has 0 aliphatic heterocycles. The molecule has 0 spiro atoms. The second kappa shape index (κ2) is 25.6. The molecule has 0 fully saturated rings. The van der Waals surface area contributed by atoms with E-state index in [2.05, 4.69) is 13.8 Å². The number of quaternary nitrogens is 1. The lowest BCUT2D eigenvalue weighted by Gasteiger charge is -2.23. The van der Waals surface area contributed by atoms with Crippen LogP contribution >= 0.6 is 0 Å². The molecule has 0 amide bonds. The van der Waals surface area contributed by atoms with Gasteiger partial charge in [-0.15, -0.1) is 0 Å². The summed E-state index contributed by atoms with van der Waals surface area (Å²) < 4.78 is 33.6. The van der Waals surface area contributed by atoms with Crippen molar-refractivity contribution >= 4 is 16.1 Å². The summed E-state index contributed by atoms with van der Waals surface area (Å²) >= 11 is 0. The molecule has 7 heteroatoms. The fourth-order valence-electron chi connectivity index (χ4n) is 4.44. The predicted octanol–water partition coefficient (Wildman–Crippen LogP) is 7.86. The van der Waals surface area contributed by atoms with Crippen molar-refractivity contribution in [3.8, 4) is 0 Å². The quantitative estimate of drug-likeness (QED) is 0.0529. The standard InChI is InChI=1S/C29H60NO2.CH4O3S/c1-6-8-10-12-14-16-17-19-21-23-25-28(27-32-29(31)26-30(3,4)5)24-22-20-18-15-13-11-9-7-2;1-5(2,3)4/h28H,6-27H2,1-5H3;1H3,(H,2,3,4)/q+1;/p-1. The summed E-state index contributed by atoms with van der Waals surface area (Å²) in [4.78, 5) is 12.2. The molecular weight excluding hydrogens is 486 g/mol. The summed E-state index contributed by atoms with van der Waals surface area (Å²) in [6.45, 7) is 5.66. The Kier molecular flexibility index (Phi) is 26.6. The molecule has 0 heterocycles. The number of unbranched alkanes of at least 4 members (excludes halogenated alkanes) is 16. The fourth-order valence-corrected chi connectivity index (χ4v) is 4.44. The Morgan fingerprint density at radius 1 is 0.676 bits per heavy atom. The third-order valence-electron chi connectivity index (χ3n) is 6.52. The van der Waals surface area contributed by atoms with Crippen LogP contribution in [-0.2, 0) is 19.6 Å². The zero-order valence-corrected chi connectivity index (χ0v) is 26.3. The first-order valence-electron chi connectivity index (χ1n) is 15.3. The van der Waals surface area contributed by atoms with E-state index in [0.717, 1.165) is 0 Å². The van der Waals surface area contributed by atoms with E-state index in [1.807, 2.05) is 21.1 Å². The summed E-state index contributed by atoms with van der Waals surface area (Å²) in [6, 6.07) is 0. The molecule has 0 aliphatic rings. The summed E-state index contributed by atoms with van der Waals surface area (Å²) in [5.74, 6) is 0.516. The van der Waals surface area contributed by atoms with Gasteiger partial charge in [-0.3, -0.25) is 0 Å². The zero-order chi connectivity index (χ0) is 28.4. The average Bonchev–Trinajstić information content (AvgIpc) is 2.77. The minimum Gasteiger partial charge on any atom is -0.748 e. The second-order valence-corrected chi connectivity index (χ2v) is 13.3. The lowest BCUT2D eigenvalue weighted by Crippen LogP contribution is -2.40. The summed E-state index contributed by atoms with van der Waals surface area (Å²) in [5.41, 5.74) is 0. The third kappa shape index (κ3) is 40.0. The van der Waals surface area contributed by atoms with Crippen LogP contribution in [0.4, 0.5) is 0 Å². The van der Waals surface area contributed by atoms with Crippen LogP contribution in [0.2, 0.25) is 0 Å². The van der Waals surface area contributed by atoms with Crippen LogP contribution in [0, 0.1) is 5.92 Å². The van der Waals surface area contributed by atoms with Crippen molar-refractivity contribution in [2.75, 3.05) is 40.6 Å². The summed E-state index contributed by atoms with van der Waals surface area (Å²) in [5, 5.41) is 0. The molecule has 0 aromatic heterocycles. The van der Waals surface area contributed by atoms with Gasteiger partial charge >= 0.3 is 5.97 Å². The molecule has 0 rings (SSSR count). The molecule has 0 radical (unpaired) electrons. The normalized spacial score (nSPS) is 12.6. The maximum absolute atomic E-state index is 12.2. The van der Waals surface area contributed by atoms with Crippen molar-refractivity contribution in [1.82, 2.24) is 0 Å². The zero-order valence-electron chi connectivity index (χ0n) is 25.5. The highest BCUT2D eigenvalue weighted by Gasteiger charge is 2.18. The third-order valence-corrected chi connectivity index (χ3v) is 6.52. The van der Waals surface area contributed by atoms with Gasteiger partial charge in [-0.25, -0.2) is 13.2 Å². The number of ether oxygens (including phenoxy) is 1. The van der Waals surface area contributed by atoms with E-state index in [-0.39, 0.29) is 5.97 Å². The molecule has 0 aromatic rings. The molecular formula is C30H63NO5S. The first-order valence-corrected chi connectivity index (χ1v) is 17.1. The fraction of sp³-hybridized carbons (Fsp3) is 0.967. The Labute approximate surface area is 231 Å². The first-order chi connectivity index (χ1) is 17.4. The van der Waals surface area contributed by atoms with Crippen molar-refractivity contribution in [3.63, 3.8) is 0 Å². The van der Waals surface area contributed by atoms with Gasteiger partial charge in [-0.05, 0) is 18.8 Å². The molecule has 0 saturated carbocycles. The lowest BCUT2D eigenvalue weighted by molar-refractivity contribution is -0.862. The molecule has 0 aliphatic carbocycles. The molecule has 1 atom stereocenters. The Hall–Kier alpha value is -0.660. The van der Waals surface area contributed by atoms with Crippen molar-refractivity contribution in [3.05, 3.63) is 0 Å². The number of rotatable bonds is 24. The minimum atomic E-state index is -3.92. The van der Waals surface area contributed by atoms with Crippen LogP contribution in [0.3, 0.4) is 0 Å². The molecule has 0 bridgehead atoms. The first kappa shape index (κ1) is 38.5. The SMILES string of the molecule is CCCCCCCCCCCCC(CCCCCCCCCC)COC(=O)C[N+](C)(C)C.CS(=O)(=O)[O-]. The predicted molar refractivity (Wildman–Crippen MR) is 157 cm³/mol. The Morgan fingerprint density at radius 2 is 0.973 bits per heavy atom. The lowest BCUT2D eigenvalue weighted by atomic mass is 9.94. The van der Waals surface area contributed by atoms with Crippen molar-refractivity contribution in [1.29, 1.82) is 0 Å². The van der Waals surface area contributed by atoms with E-state index < -0.39 is 10.1 Å². The smallest absolute Gasteiger partial charge is 0.361 e. The van der Waals surface area contributed by atoms with Crippen LogP contribution in [0.25, 0.3) is 0 Å². The number of hydrogen-bond donors (Lipinski definition) is 0. The summed E-state index contributed by atoms with van der Waals surface area (Å²) in [7, 11) is 2.22. The van der Waals surface area contributed by atoms with Crippen LogP contribution in [-0.4, -0.2) is 64.0 Å². The molecule has 224 valence electrons. The number of esters is 1. The monoisotopic (exact) mass is 549 g/mol. The number of hydrogen-bond acceptors (Lipinski definition) is 5. The van der Waals surface area contributed by atoms with E-state index in [4.69, 9.17) is 17.7 Å². The molecule has 37 heavy (non-hydrogen) atoms. The highest BCUT2D eigenvalue weighted by Crippen LogP contribution is 2.20. The van der Waals surface area contributed by atoms with Gasteiger partial charge in [0.1, 0.15) is 0 Å². The maximum Gasteiger partial charge on any atom is 0.361 e. The van der Waals surface area contributed by atoms with E-state index in [9.17, 15) is 4.79 Å². The number of nitrogens with zero attached hydrogens (tertiary/aromatic N) is 1. The number of carbonyl (C=O) groups is 1. The number of likely N-dealkylation sites (N-methyl/N-ethyl adjacent to an activating group) is 1. The van der Waals surface area contributed by atoms with E-state index in [1.165, 1.54) is 128 Å². The Balaban J connectivity index is 0. The Morgan fingerprint density at radius 3 is 1.27 bits per heavy atom. The molecule has 0 N–H and O–H groups in total. The topological polar surface area (TPSA) is 83.5 Å².